The molecular formula is C13H15BrN4O2. The molecule has 20 heavy (non-hydrogen) atoms. The van der Waals surface area contributed by atoms with Crippen LogP contribution in [0.25, 0.3) is 0 Å². The van der Waals surface area contributed by atoms with Gasteiger partial charge in [-0.1, -0.05) is 15.9 Å². The first-order chi connectivity index (χ1) is 9.43. The van der Waals surface area contributed by atoms with Crippen molar-refractivity contribution in [1.82, 2.24) is 10.2 Å². The van der Waals surface area contributed by atoms with Gasteiger partial charge in [-0.25, -0.2) is 4.79 Å². The highest BCUT2D eigenvalue weighted by Crippen LogP contribution is 2.26. The number of benzene rings is 1. The molecule has 0 aliphatic carbocycles. The van der Waals surface area contributed by atoms with Crippen LogP contribution >= 0.6 is 15.9 Å². The number of anilines is 1. The summed E-state index contributed by atoms with van der Waals surface area (Å²) in [5.74, 6) is -0.227. The lowest BCUT2D eigenvalue weighted by molar-refractivity contribution is -0.121. The molecule has 0 saturated carbocycles. The van der Waals surface area contributed by atoms with Crippen molar-refractivity contribution in [3.05, 3.63) is 27.7 Å². The van der Waals surface area contributed by atoms with Crippen LogP contribution in [0.5, 0.6) is 0 Å². The average molecular weight is 339 g/mol. The van der Waals surface area contributed by atoms with Gasteiger partial charge in [-0.05, 0) is 24.6 Å². The number of carbonyl (C=O) groups is 2. The number of imide groups is 1. The fourth-order valence-corrected chi connectivity index (χ4v) is 2.35. The third-order valence-corrected chi connectivity index (χ3v) is 4.00. The number of carbonyl (C=O) groups excluding carboxylic acids is 2. The maximum Gasteiger partial charge on any atom is 0.329 e. The molecule has 0 unspecified atom stereocenters. The van der Waals surface area contributed by atoms with E-state index in [-0.39, 0.29) is 24.7 Å². The summed E-state index contributed by atoms with van der Waals surface area (Å²) in [6, 6.07) is 3.16. The molecule has 106 valence electrons. The first kappa shape index (κ1) is 14.5. The molecule has 1 aromatic rings. The number of halogens is 1. The second-order valence-corrected chi connectivity index (χ2v) is 5.35. The van der Waals surface area contributed by atoms with Crippen molar-refractivity contribution >= 4 is 39.4 Å². The molecule has 3 N–H and O–H groups in total. The highest BCUT2D eigenvalue weighted by atomic mass is 79.9. The number of rotatable bonds is 2. The summed E-state index contributed by atoms with van der Waals surface area (Å²) in [7, 11) is 1.76. The van der Waals surface area contributed by atoms with Crippen molar-refractivity contribution in [2.24, 2.45) is 0 Å². The lowest BCUT2D eigenvalue weighted by Gasteiger charge is -2.28. The van der Waals surface area contributed by atoms with E-state index in [0.717, 1.165) is 15.7 Å². The Hall–Kier alpha value is -1.89. The van der Waals surface area contributed by atoms with Crippen molar-refractivity contribution in [2.75, 3.05) is 18.9 Å². The third kappa shape index (κ3) is 2.67. The number of amidine groups is 1. The van der Waals surface area contributed by atoms with Crippen LogP contribution in [0.3, 0.4) is 0 Å². The number of aryl methyl sites for hydroxylation is 1. The van der Waals surface area contributed by atoms with Crippen LogP contribution in [0.15, 0.2) is 16.6 Å². The van der Waals surface area contributed by atoms with Crippen LogP contribution in [0.1, 0.15) is 17.5 Å². The summed E-state index contributed by atoms with van der Waals surface area (Å²) in [4.78, 5) is 24.2. The number of nitrogens with zero attached hydrogens (tertiary/aromatic N) is 1. The Morgan fingerprint density at radius 1 is 1.45 bits per heavy atom. The fourth-order valence-electron chi connectivity index (χ4n) is 2.01. The van der Waals surface area contributed by atoms with Crippen LogP contribution in [0.4, 0.5) is 10.5 Å². The molecule has 7 heteroatoms. The van der Waals surface area contributed by atoms with Gasteiger partial charge in [0.1, 0.15) is 5.84 Å². The molecule has 0 atom stereocenters. The van der Waals surface area contributed by atoms with E-state index in [1.54, 1.807) is 7.05 Å². The summed E-state index contributed by atoms with van der Waals surface area (Å²) in [5.41, 5.74) is 2.34. The maximum absolute atomic E-state index is 11.8. The monoisotopic (exact) mass is 338 g/mol. The topological polar surface area (TPSA) is 85.3 Å². The molecule has 1 aliphatic heterocycles. The second-order valence-electron chi connectivity index (χ2n) is 4.50. The zero-order valence-corrected chi connectivity index (χ0v) is 12.8. The van der Waals surface area contributed by atoms with E-state index in [9.17, 15) is 9.59 Å². The van der Waals surface area contributed by atoms with Gasteiger partial charge in [-0.2, -0.15) is 0 Å². The highest BCUT2D eigenvalue weighted by molar-refractivity contribution is 9.10. The minimum Gasteiger partial charge on any atom is -0.387 e. The van der Waals surface area contributed by atoms with Gasteiger partial charge in [0.05, 0.1) is 0 Å². The molecule has 6 nitrogen and oxygen atoms in total. The molecule has 1 saturated heterocycles. The van der Waals surface area contributed by atoms with Crippen molar-refractivity contribution in [3.8, 4) is 0 Å². The molecule has 0 bridgehead atoms. The molecule has 1 fully saturated rings. The zero-order valence-electron chi connectivity index (χ0n) is 11.2. The summed E-state index contributed by atoms with van der Waals surface area (Å²) < 4.78 is 0.927. The van der Waals surface area contributed by atoms with Crippen molar-refractivity contribution in [2.45, 2.75) is 13.3 Å². The van der Waals surface area contributed by atoms with Gasteiger partial charge >= 0.3 is 6.03 Å². The summed E-state index contributed by atoms with van der Waals surface area (Å²) in [5, 5.41) is 13.5. The fraction of sp³-hybridized carbons (Fsp3) is 0.308. The Morgan fingerprint density at radius 3 is 2.75 bits per heavy atom. The first-order valence-corrected chi connectivity index (χ1v) is 6.91. The summed E-state index contributed by atoms with van der Waals surface area (Å²) >= 11 is 3.44. The Bertz CT molecular complexity index is 600. The van der Waals surface area contributed by atoms with E-state index < -0.39 is 6.03 Å². The van der Waals surface area contributed by atoms with E-state index in [1.807, 2.05) is 19.1 Å². The molecular weight excluding hydrogens is 324 g/mol. The van der Waals surface area contributed by atoms with Crippen LogP contribution in [-0.4, -0.2) is 36.3 Å². The quantitative estimate of drug-likeness (QED) is 0.570. The maximum atomic E-state index is 11.8. The number of nitrogens with one attached hydrogen (secondary N) is 3. The lowest BCUT2D eigenvalue weighted by atomic mass is 10.1. The average Bonchev–Trinajstić information content (AvgIpc) is 2.40. The number of urea groups is 1. The van der Waals surface area contributed by atoms with E-state index >= 15 is 0 Å². The standard InChI is InChI=1S/C13H15BrN4O2/c1-7-5-8(10(16-2)6-9(7)14)12(15)18-4-3-11(19)17-13(18)20/h5-6,15-16H,3-4H2,1-2H3,(H,17,19,20). The van der Waals surface area contributed by atoms with Gasteiger partial charge in [-0.15, -0.1) is 0 Å². The Balaban J connectivity index is 2.36. The van der Waals surface area contributed by atoms with E-state index in [1.165, 1.54) is 4.90 Å². The van der Waals surface area contributed by atoms with Crippen LogP contribution < -0.4 is 10.6 Å². The lowest BCUT2D eigenvalue weighted by Crippen LogP contribution is -2.52. The van der Waals surface area contributed by atoms with Gasteiger partial charge < -0.3 is 5.32 Å². The molecule has 2 rings (SSSR count). The normalized spacial score (nSPS) is 15.1. The zero-order chi connectivity index (χ0) is 14.9. The number of hydrogen-bond acceptors (Lipinski definition) is 4. The largest absolute Gasteiger partial charge is 0.387 e. The predicted octanol–water partition coefficient (Wildman–Crippen LogP) is 2.07. The van der Waals surface area contributed by atoms with Gasteiger partial charge in [0.15, 0.2) is 0 Å². The molecule has 0 radical (unpaired) electrons. The van der Waals surface area contributed by atoms with E-state index in [4.69, 9.17) is 5.41 Å². The predicted molar refractivity (Wildman–Crippen MR) is 80.1 cm³/mol. The molecule has 0 spiro atoms. The minimum absolute atomic E-state index is 0.0787. The molecule has 3 amide bonds. The first-order valence-electron chi connectivity index (χ1n) is 6.12. The van der Waals surface area contributed by atoms with Crippen molar-refractivity contribution in [1.29, 1.82) is 5.41 Å². The highest BCUT2D eigenvalue weighted by Gasteiger charge is 2.28. The molecule has 0 aromatic heterocycles. The Morgan fingerprint density at radius 2 is 2.15 bits per heavy atom. The van der Waals surface area contributed by atoms with E-state index in [2.05, 4.69) is 26.6 Å². The number of amides is 3. The van der Waals surface area contributed by atoms with Gasteiger partial charge in [0.25, 0.3) is 0 Å². The van der Waals surface area contributed by atoms with Crippen LogP contribution in [0.2, 0.25) is 0 Å². The summed E-state index contributed by atoms with van der Waals surface area (Å²) in [6.45, 7) is 2.14. The Kier molecular flexibility index (Phi) is 4.08. The molecule has 1 aromatic carbocycles. The van der Waals surface area contributed by atoms with Gasteiger partial charge in [0.2, 0.25) is 5.91 Å². The van der Waals surface area contributed by atoms with Crippen LogP contribution in [0, 0.1) is 12.3 Å². The number of hydrogen-bond donors (Lipinski definition) is 3. The molecule has 1 heterocycles. The Labute approximate surface area is 125 Å². The SMILES string of the molecule is CNc1cc(Br)c(C)cc1C(=N)N1CCC(=O)NC1=O. The molecule has 1 aliphatic rings. The van der Waals surface area contributed by atoms with E-state index in [0.29, 0.717) is 5.56 Å². The summed E-state index contributed by atoms with van der Waals surface area (Å²) in [6.07, 6.45) is 0.207. The van der Waals surface area contributed by atoms with Crippen LogP contribution in [-0.2, 0) is 4.79 Å². The van der Waals surface area contributed by atoms with Gasteiger partial charge in [-0.3, -0.25) is 20.4 Å². The van der Waals surface area contributed by atoms with Crippen molar-refractivity contribution < 1.29 is 9.59 Å². The minimum atomic E-state index is -0.547. The van der Waals surface area contributed by atoms with Gasteiger partial charge in [0, 0.05) is 35.7 Å². The smallest absolute Gasteiger partial charge is 0.329 e. The third-order valence-electron chi connectivity index (χ3n) is 3.15. The van der Waals surface area contributed by atoms with Crippen molar-refractivity contribution in [3.63, 3.8) is 0 Å². The second kappa shape index (κ2) is 5.62.